The Kier molecular flexibility index (Phi) is 5.81. The second-order valence-corrected chi connectivity index (χ2v) is 7.31. The molecule has 3 aromatic carbocycles. The lowest BCUT2D eigenvalue weighted by atomic mass is 10.1. The van der Waals surface area contributed by atoms with Gasteiger partial charge in [0.1, 0.15) is 5.82 Å². The Morgan fingerprint density at radius 3 is 2.31 bits per heavy atom. The van der Waals surface area contributed by atoms with Crippen LogP contribution in [0, 0.1) is 5.82 Å². The zero-order valence-electron chi connectivity index (χ0n) is 17.5. The molecule has 0 fully saturated rings. The Labute approximate surface area is 184 Å². The molecule has 4 aromatic rings. The van der Waals surface area contributed by atoms with Gasteiger partial charge in [-0.1, -0.05) is 12.1 Å². The number of nitrogens with one attached hydrogen (secondary N) is 1. The lowest BCUT2D eigenvalue weighted by Gasteiger charge is -2.11. The smallest absolute Gasteiger partial charge is 0.256 e. The van der Waals surface area contributed by atoms with Crippen molar-refractivity contribution in [1.82, 2.24) is 9.88 Å². The second kappa shape index (κ2) is 8.85. The van der Waals surface area contributed by atoms with E-state index in [2.05, 4.69) is 10.3 Å². The summed E-state index contributed by atoms with van der Waals surface area (Å²) < 4.78 is 19.0. The molecule has 0 saturated carbocycles. The topological polar surface area (TPSA) is 75.4 Å². The standard InChI is InChI=1S/C25H20FN3O3/c1-29(2)25(31)17-9-13-19(14-10-17)28-23(30)20-5-3-4-6-21(20)24-27-15-22(32-24)16-7-11-18(26)12-8-16/h3-15H,1-2H3,(H,28,30). The number of rotatable bonds is 5. The fourth-order valence-corrected chi connectivity index (χ4v) is 3.17. The molecule has 0 saturated heterocycles. The molecule has 0 aliphatic rings. The number of anilines is 1. The molecule has 0 radical (unpaired) electrons. The van der Waals surface area contributed by atoms with E-state index < -0.39 is 0 Å². The monoisotopic (exact) mass is 429 g/mol. The van der Waals surface area contributed by atoms with Crippen LogP contribution < -0.4 is 5.32 Å². The van der Waals surface area contributed by atoms with Gasteiger partial charge in [-0.25, -0.2) is 9.37 Å². The first kappa shape index (κ1) is 21.0. The highest BCUT2D eigenvalue weighted by atomic mass is 19.1. The van der Waals surface area contributed by atoms with E-state index in [9.17, 15) is 14.0 Å². The molecule has 0 atom stereocenters. The zero-order chi connectivity index (χ0) is 22.7. The van der Waals surface area contributed by atoms with Crippen LogP contribution in [0.2, 0.25) is 0 Å². The van der Waals surface area contributed by atoms with Gasteiger partial charge in [-0.15, -0.1) is 0 Å². The van der Waals surface area contributed by atoms with E-state index in [1.54, 1.807) is 74.8 Å². The molecule has 32 heavy (non-hydrogen) atoms. The van der Waals surface area contributed by atoms with Gasteiger partial charge >= 0.3 is 0 Å². The zero-order valence-corrected chi connectivity index (χ0v) is 17.5. The average molecular weight is 429 g/mol. The minimum absolute atomic E-state index is 0.117. The first-order valence-electron chi connectivity index (χ1n) is 9.86. The van der Waals surface area contributed by atoms with E-state index in [1.807, 2.05) is 0 Å². The first-order valence-corrected chi connectivity index (χ1v) is 9.86. The Bertz CT molecular complexity index is 1260. The van der Waals surface area contributed by atoms with Crippen molar-refractivity contribution in [2.75, 3.05) is 19.4 Å². The third-order valence-electron chi connectivity index (χ3n) is 4.83. The van der Waals surface area contributed by atoms with Crippen molar-refractivity contribution in [3.63, 3.8) is 0 Å². The fraction of sp³-hybridized carbons (Fsp3) is 0.0800. The number of halogens is 1. The summed E-state index contributed by atoms with van der Waals surface area (Å²) in [6.07, 6.45) is 1.54. The van der Waals surface area contributed by atoms with E-state index in [0.29, 0.717) is 33.7 Å². The van der Waals surface area contributed by atoms with Gasteiger partial charge in [-0.2, -0.15) is 0 Å². The molecule has 0 unspecified atom stereocenters. The summed E-state index contributed by atoms with van der Waals surface area (Å²) in [5.74, 6) is -0.0455. The maximum atomic E-state index is 13.2. The summed E-state index contributed by atoms with van der Waals surface area (Å²) in [6, 6.07) is 19.5. The molecule has 0 aliphatic heterocycles. The minimum atomic E-state index is -0.339. The van der Waals surface area contributed by atoms with Crippen LogP contribution in [0.3, 0.4) is 0 Å². The summed E-state index contributed by atoms with van der Waals surface area (Å²) in [5.41, 5.74) is 2.67. The van der Waals surface area contributed by atoms with Crippen molar-refractivity contribution >= 4 is 17.5 Å². The fourth-order valence-electron chi connectivity index (χ4n) is 3.17. The van der Waals surface area contributed by atoms with E-state index in [0.717, 1.165) is 0 Å². The molecule has 0 bridgehead atoms. The Balaban J connectivity index is 1.57. The molecule has 1 N–H and O–H groups in total. The van der Waals surface area contributed by atoms with Gasteiger partial charge in [-0.3, -0.25) is 9.59 Å². The highest BCUT2D eigenvalue weighted by Crippen LogP contribution is 2.29. The molecule has 4 rings (SSSR count). The molecule has 1 heterocycles. The highest BCUT2D eigenvalue weighted by molar-refractivity contribution is 6.08. The second-order valence-electron chi connectivity index (χ2n) is 7.31. The third-order valence-corrected chi connectivity index (χ3v) is 4.83. The van der Waals surface area contributed by atoms with Crippen LogP contribution in [0.15, 0.2) is 83.4 Å². The number of nitrogens with zero attached hydrogens (tertiary/aromatic N) is 2. The van der Waals surface area contributed by atoms with Crippen molar-refractivity contribution in [2.45, 2.75) is 0 Å². The van der Waals surface area contributed by atoms with Crippen LogP contribution in [0.1, 0.15) is 20.7 Å². The van der Waals surface area contributed by atoms with Crippen molar-refractivity contribution < 1.29 is 18.4 Å². The van der Waals surface area contributed by atoms with Crippen LogP contribution in [0.4, 0.5) is 10.1 Å². The number of oxazole rings is 1. The van der Waals surface area contributed by atoms with Gasteiger partial charge in [0.2, 0.25) is 5.89 Å². The van der Waals surface area contributed by atoms with Gasteiger partial charge in [0, 0.05) is 36.5 Å². The molecule has 2 amide bonds. The van der Waals surface area contributed by atoms with Crippen LogP contribution in [0.25, 0.3) is 22.8 Å². The number of amides is 2. The van der Waals surface area contributed by atoms with Gasteiger partial charge in [-0.05, 0) is 60.7 Å². The molecule has 6 nitrogen and oxygen atoms in total. The molecule has 7 heteroatoms. The van der Waals surface area contributed by atoms with Crippen LogP contribution in [-0.4, -0.2) is 35.8 Å². The number of carbonyl (C=O) groups excluding carboxylic acids is 2. The summed E-state index contributed by atoms with van der Waals surface area (Å²) in [5, 5.41) is 2.83. The van der Waals surface area contributed by atoms with Crippen molar-refractivity contribution in [1.29, 1.82) is 0 Å². The third kappa shape index (κ3) is 4.41. The first-order chi connectivity index (χ1) is 15.4. The van der Waals surface area contributed by atoms with E-state index in [4.69, 9.17) is 4.42 Å². The number of hydrogen-bond acceptors (Lipinski definition) is 4. The molecular weight excluding hydrogens is 409 g/mol. The minimum Gasteiger partial charge on any atom is -0.436 e. The summed E-state index contributed by atoms with van der Waals surface area (Å²) in [4.78, 5) is 30.8. The maximum absolute atomic E-state index is 13.2. The normalized spacial score (nSPS) is 10.6. The lowest BCUT2D eigenvalue weighted by Crippen LogP contribution is -2.21. The van der Waals surface area contributed by atoms with E-state index in [-0.39, 0.29) is 23.5 Å². The van der Waals surface area contributed by atoms with E-state index in [1.165, 1.54) is 23.2 Å². The molecular formula is C25H20FN3O3. The Morgan fingerprint density at radius 2 is 1.62 bits per heavy atom. The van der Waals surface area contributed by atoms with Crippen molar-refractivity contribution in [2.24, 2.45) is 0 Å². The quantitative estimate of drug-likeness (QED) is 0.479. The van der Waals surface area contributed by atoms with Crippen LogP contribution in [-0.2, 0) is 0 Å². The SMILES string of the molecule is CN(C)C(=O)c1ccc(NC(=O)c2ccccc2-c2ncc(-c3ccc(F)cc3)o2)cc1. The van der Waals surface area contributed by atoms with E-state index >= 15 is 0 Å². The van der Waals surface area contributed by atoms with Crippen molar-refractivity contribution in [3.8, 4) is 22.8 Å². The summed E-state index contributed by atoms with van der Waals surface area (Å²) >= 11 is 0. The van der Waals surface area contributed by atoms with Gasteiger partial charge in [0.25, 0.3) is 11.8 Å². The number of carbonyl (C=O) groups is 2. The van der Waals surface area contributed by atoms with Crippen molar-refractivity contribution in [3.05, 3.63) is 95.9 Å². The van der Waals surface area contributed by atoms with Gasteiger partial charge in [0.15, 0.2) is 5.76 Å². The summed E-state index contributed by atoms with van der Waals surface area (Å²) in [7, 11) is 3.36. The summed E-state index contributed by atoms with van der Waals surface area (Å²) in [6.45, 7) is 0. The molecule has 1 aromatic heterocycles. The molecule has 0 spiro atoms. The predicted molar refractivity (Wildman–Crippen MR) is 120 cm³/mol. The number of hydrogen-bond donors (Lipinski definition) is 1. The van der Waals surface area contributed by atoms with Crippen LogP contribution >= 0.6 is 0 Å². The number of aromatic nitrogens is 1. The molecule has 160 valence electrons. The lowest BCUT2D eigenvalue weighted by molar-refractivity contribution is 0.0827. The average Bonchev–Trinajstić information content (AvgIpc) is 3.29. The maximum Gasteiger partial charge on any atom is 0.256 e. The van der Waals surface area contributed by atoms with Gasteiger partial charge in [0.05, 0.1) is 11.8 Å². The highest BCUT2D eigenvalue weighted by Gasteiger charge is 2.17. The predicted octanol–water partition coefficient (Wildman–Crippen LogP) is 5.10. The van der Waals surface area contributed by atoms with Gasteiger partial charge < -0.3 is 14.6 Å². The van der Waals surface area contributed by atoms with Crippen LogP contribution in [0.5, 0.6) is 0 Å². The Morgan fingerprint density at radius 1 is 0.938 bits per heavy atom. The number of benzene rings is 3. The Hall–Kier alpha value is -4.26. The largest absolute Gasteiger partial charge is 0.436 e. The molecule has 0 aliphatic carbocycles.